The third-order valence-corrected chi connectivity index (χ3v) is 8.55. The highest BCUT2D eigenvalue weighted by Crippen LogP contribution is 2.22. The van der Waals surface area contributed by atoms with Gasteiger partial charge in [-0.25, -0.2) is 9.59 Å². The van der Waals surface area contributed by atoms with Gasteiger partial charge in [0.25, 0.3) is 0 Å². The van der Waals surface area contributed by atoms with Gasteiger partial charge < -0.3 is 20.4 Å². The summed E-state index contributed by atoms with van der Waals surface area (Å²) >= 11 is 1.46. The number of carboxylic acids is 1. The van der Waals surface area contributed by atoms with Crippen LogP contribution < -0.4 is 5.32 Å². The number of carboxylic acid groups (broad SMARTS) is 1. The van der Waals surface area contributed by atoms with Crippen LogP contribution in [0.5, 0.6) is 0 Å². The van der Waals surface area contributed by atoms with Gasteiger partial charge in [-0.15, -0.1) is 0 Å². The third kappa shape index (κ3) is 14.6. The van der Waals surface area contributed by atoms with Gasteiger partial charge in [0.15, 0.2) is 5.78 Å². The lowest BCUT2D eigenvalue weighted by atomic mass is 9.91. The predicted molar refractivity (Wildman–Crippen MR) is 158 cm³/mol. The quantitative estimate of drug-likeness (QED) is 0.128. The molecule has 7 nitrogen and oxygen atoms in total. The summed E-state index contributed by atoms with van der Waals surface area (Å²) in [5.74, 6) is 2.00. The first-order chi connectivity index (χ1) is 17.9. The summed E-state index contributed by atoms with van der Waals surface area (Å²) in [5, 5.41) is 21.9. The van der Waals surface area contributed by atoms with E-state index < -0.39 is 30.2 Å². The van der Waals surface area contributed by atoms with Crippen LogP contribution in [0.2, 0.25) is 0 Å². The maximum atomic E-state index is 12.6. The van der Waals surface area contributed by atoms with Crippen molar-refractivity contribution < 1.29 is 24.6 Å². The van der Waals surface area contributed by atoms with Crippen molar-refractivity contribution >= 4 is 29.5 Å². The number of Topliss-reactive ketones (excluding diaryl/α,β-unsaturated/α-hetero) is 1. The van der Waals surface area contributed by atoms with Gasteiger partial charge in [-0.2, -0.15) is 11.8 Å². The van der Waals surface area contributed by atoms with Crippen molar-refractivity contribution in [3.8, 4) is 0 Å². The average Bonchev–Trinajstić information content (AvgIpc) is 3.22. The van der Waals surface area contributed by atoms with Crippen LogP contribution in [0.15, 0.2) is 11.6 Å². The number of aliphatic hydroxyl groups excluding tert-OH is 1. The van der Waals surface area contributed by atoms with E-state index in [1.165, 1.54) is 80.5 Å². The number of aliphatic carboxylic acids is 1. The molecule has 2 amide bonds. The molecule has 0 aromatic rings. The minimum atomic E-state index is -1.11. The van der Waals surface area contributed by atoms with Crippen LogP contribution in [0.4, 0.5) is 4.79 Å². The molecule has 5 unspecified atom stereocenters. The lowest BCUT2D eigenvalue weighted by Crippen LogP contribution is -2.51. The maximum absolute atomic E-state index is 12.6. The Morgan fingerprint density at radius 2 is 1.55 bits per heavy atom. The topological polar surface area (TPSA) is 107 Å². The summed E-state index contributed by atoms with van der Waals surface area (Å²) < 4.78 is 0. The number of urea groups is 1. The van der Waals surface area contributed by atoms with Gasteiger partial charge >= 0.3 is 12.0 Å². The van der Waals surface area contributed by atoms with Crippen LogP contribution in [-0.4, -0.2) is 69.1 Å². The molecule has 0 aliphatic carbocycles. The number of amides is 2. The Hall–Kier alpha value is -1.54. The number of likely N-dealkylation sites (tertiary alicyclic amines) is 1. The molecule has 0 aromatic heterocycles. The number of carbonyl (C=O) groups is 3. The number of thioether (sulfide) groups is 1. The monoisotopic (exact) mass is 554 g/mol. The van der Waals surface area contributed by atoms with Gasteiger partial charge in [-0.1, -0.05) is 84.3 Å². The van der Waals surface area contributed by atoms with Crippen LogP contribution in [0.25, 0.3) is 0 Å². The molecule has 0 spiro atoms. The summed E-state index contributed by atoms with van der Waals surface area (Å²) in [6.45, 7) is 12.9. The molecule has 1 saturated heterocycles. The lowest BCUT2D eigenvalue weighted by molar-refractivity contribution is -0.138. The fourth-order valence-electron chi connectivity index (χ4n) is 5.03. The highest BCUT2D eigenvalue weighted by atomic mass is 32.2. The van der Waals surface area contributed by atoms with E-state index in [1.807, 2.05) is 0 Å². The van der Waals surface area contributed by atoms with Crippen molar-refractivity contribution in [2.45, 2.75) is 124 Å². The van der Waals surface area contributed by atoms with E-state index in [0.29, 0.717) is 5.75 Å². The summed E-state index contributed by atoms with van der Waals surface area (Å²) in [6.07, 6.45) is 13.1. The highest BCUT2D eigenvalue weighted by molar-refractivity contribution is 7.99. The van der Waals surface area contributed by atoms with Crippen molar-refractivity contribution in [1.29, 1.82) is 0 Å². The van der Waals surface area contributed by atoms with Gasteiger partial charge in [-0.3, -0.25) is 4.79 Å². The maximum Gasteiger partial charge on any atom is 0.327 e. The number of nitrogens with zero attached hydrogens (tertiary/aromatic N) is 1. The number of rotatable bonds is 19. The molecular weight excluding hydrogens is 500 g/mol. The first-order valence-corrected chi connectivity index (χ1v) is 15.8. The molecular formula is C30H54N2O5S. The smallest absolute Gasteiger partial charge is 0.327 e. The van der Waals surface area contributed by atoms with Crippen LogP contribution in [0, 0.1) is 17.8 Å². The van der Waals surface area contributed by atoms with Gasteiger partial charge in [0.2, 0.25) is 0 Å². The molecule has 0 radical (unpaired) electrons. The van der Waals surface area contributed by atoms with E-state index >= 15 is 0 Å². The molecule has 1 heterocycles. The molecule has 0 bridgehead atoms. The number of ketones is 1. The summed E-state index contributed by atoms with van der Waals surface area (Å²) in [6, 6.07) is -2.37. The molecule has 8 heteroatoms. The number of carbonyl (C=O) groups excluding carboxylic acids is 2. The molecule has 3 N–H and O–H groups in total. The van der Waals surface area contributed by atoms with E-state index in [0.717, 1.165) is 24.2 Å². The molecule has 38 heavy (non-hydrogen) atoms. The largest absolute Gasteiger partial charge is 0.480 e. The van der Waals surface area contributed by atoms with Crippen molar-refractivity contribution in [2.24, 2.45) is 17.8 Å². The lowest BCUT2D eigenvalue weighted by Gasteiger charge is -2.24. The molecule has 220 valence electrons. The molecule has 0 saturated carbocycles. The molecule has 5 atom stereocenters. The van der Waals surface area contributed by atoms with E-state index in [2.05, 4.69) is 46.0 Å². The fourth-order valence-corrected chi connectivity index (χ4v) is 6.03. The van der Waals surface area contributed by atoms with Crippen molar-refractivity contribution in [1.82, 2.24) is 10.2 Å². The van der Waals surface area contributed by atoms with Gasteiger partial charge in [0.05, 0.1) is 12.1 Å². The summed E-state index contributed by atoms with van der Waals surface area (Å²) in [4.78, 5) is 37.2. The number of allylic oxidation sites excluding steroid dienone is 1. The van der Waals surface area contributed by atoms with Gasteiger partial charge in [0.1, 0.15) is 6.04 Å². The Balaban J connectivity index is 2.26. The minimum absolute atomic E-state index is 0.0354. The predicted octanol–water partition coefficient (Wildman–Crippen LogP) is 6.29. The first kappa shape index (κ1) is 34.5. The standard InChI is InChI=1S/C30H54N2O5S/c1-21(2)10-7-11-22(3)12-8-13-23(4)14-9-15-24(5)16-17-38-20-27(29(35)36)31-30(37)32-19-26(34)18-28(32)25(6)33/h16,21-23,26-28,34H,7-15,17-20H2,1-6H3,(H,31,37)(H,35,36)/b24-16+. The number of hydrogen-bond acceptors (Lipinski definition) is 5. The average molecular weight is 555 g/mol. The van der Waals surface area contributed by atoms with Crippen LogP contribution >= 0.6 is 11.8 Å². The van der Waals surface area contributed by atoms with E-state index in [9.17, 15) is 24.6 Å². The zero-order chi connectivity index (χ0) is 28.7. The van der Waals surface area contributed by atoms with Crippen molar-refractivity contribution in [3.05, 3.63) is 11.6 Å². The number of β-amino-alcohol motifs (C(OH)–C–C–N with tert-alkyl or cyclic N) is 1. The Labute approximate surface area is 235 Å². The minimum Gasteiger partial charge on any atom is -0.480 e. The van der Waals surface area contributed by atoms with Crippen LogP contribution in [0.1, 0.15) is 106 Å². The number of hydrogen-bond donors (Lipinski definition) is 3. The second-order valence-corrected chi connectivity index (χ2v) is 13.0. The Bertz CT molecular complexity index is 757. The van der Waals surface area contributed by atoms with E-state index in [-0.39, 0.29) is 24.5 Å². The van der Waals surface area contributed by atoms with Crippen molar-refractivity contribution in [3.63, 3.8) is 0 Å². The van der Waals surface area contributed by atoms with Crippen molar-refractivity contribution in [2.75, 3.05) is 18.1 Å². The highest BCUT2D eigenvalue weighted by Gasteiger charge is 2.38. The van der Waals surface area contributed by atoms with E-state index in [4.69, 9.17) is 0 Å². The third-order valence-electron chi connectivity index (χ3n) is 7.58. The normalized spacial score (nSPS) is 20.4. The first-order valence-electron chi connectivity index (χ1n) is 14.6. The SMILES string of the molecule is CC(=O)C1CC(O)CN1C(=O)NC(CSC/C=C(\C)CCCC(C)CCCC(C)CCCC(C)C)C(=O)O. The Morgan fingerprint density at radius 1 is 0.974 bits per heavy atom. The van der Waals surface area contributed by atoms with Crippen LogP contribution in [-0.2, 0) is 9.59 Å². The van der Waals surface area contributed by atoms with Gasteiger partial charge in [0, 0.05) is 24.5 Å². The summed E-state index contributed by atoms with van der Waals surface area (Å²) in [5.41, 5.74) is 1.31. The second-order valence-electron chi connectivity index (χ2n) is 12.0. The molecule has 1 aliphatic heterocycles. The van der Waals surface area contributed by atoms with Crippen LogP contribution in [0.3, 0.4) is 0 Å². The van der Waals surface area contributed by atoms with E-state index in [1.54, 1.807) is 0 Å². The number of aliphatic hydroxyl groups is 1. The second kappa shape index (κ2) is 18.7. The summed E-state index contributed by atoms with van der Waals surface area (Å²) in [7, 11) is 0. The number of nitrogens with one attached hydrogen (secondary N) is 1. The zero-order valence-corrected chi connectivity index (χ0v) is 25.5. The Morgan fingerprint density at radius 3 is 2.11 bits per heavy atom. The Kier molecular flexibility index (Phi) is 17.0. The van der Waals surface area contributed by atoms with Gasteiger partial charge in [-0.05, 0) is 44.4 Å². The molecule has 1 fully saturated rings. The molecule has 1 aliphatic rings. The fraction of sp³-hybridized carbons (Fsp3) is 0.833. The molecule has 0 aromatic carbocycles. The zero-order valence-electron chi connectivity index (χ0n) is 24.7. The molecule has 1 rings (SSSR count).